The summed E-state index contributed by atoms with van der Waals surface area (Å²) >= 11 is 0. The summed E-state index contributed by atoms with van der Waals surface area (Å²) in [4.78, 5) is 24.5. The Balaban J connectivity index is 1.43. The Morgan fingerprint density at radius 1 is 1.29 bits per heavy atom. The van der Waals surface area contributed by atoms with Crippen LogP contribution in [0.3, 0.4) is 0 Å². The Bertz CT molecular complexity index is 532. The zero-order valence-corrected chi connectivity index (χ0v) is 11.9. The number of carboxylic acid groups (broad SMARTS) is 1. The minimum atomic E-state index is -0.809. The monoisotopic (exact) mass is 288 g/mol. The molecule has 21 heavy (non-hydrogen) atoms. The van der Waals surface area contributed by atoms with Crippen molar-refractivity contribution in [2.45, 2.75) is 18.8 Å². The minimum Gasteiger partial charge on any atom is -0.481 e. The Labute approximate surface area is 123 Å². The Hall–Kier alpha value is -2.04. The first kappa shape index (κ1) is 13.9. The maximum atomic E-state index is 12.0. The van der Waals surface area contributed by atoms with Crippen LogP contribution in [0.5, 0.6) is 0 Å². The largest absolute Gasteiger partial charge is 0.481 e. The average Bonchev–Trinajstić information content (AvgIpc) is 3.09. The van der Waals surface area contributed by atoms with Gasteiger partial charge in [0, 0.05) is 19.6 Å². The smallest absolute Gasteiger partial charge is 0.317 e. The standard InChI is InChI=1S/C16H20N2O3/c19-15(20)12-6-7-18(10-12)16(21)17-9-13-8-14(13)11-4-2-1-3-5-11/h1-5,12-14H,6-10H2,(H,17,21)(H,19,20)/t12?,13-,14-/m0/s1. The van der Waals surface area contributed by atoms with Crippen LogP contribution in [0, 0.1) is 11.8 Å². The highest BCUT2D eigenvalue weighted by Gasteiger charge is 2.38. The number of rotatable bonds is 4. The molecule has 1 saturated carbocycles. The number of carbonyl (C=O) groups excluding carboxylic acids is 1. The van der Waals surface area contributed by atoms with Crippen LogP contribution in [-0.2, 0) is 4.79 Å². The number of hydrogen-bond donors (Lipinski definition) is 2. The van der Waals surface area contributed by atoms with Gasteiger partial charge in [-0.2, -0.15) is 0 Å². The quantitative estimate of drug-likeness (QED) is 0.889. The van der Waals surface area contributed by atoms with Crippen molar-refractivity contribution in [3.8, 4) is 0 Å². The van der Waals surface area contributed by atoms with E-state index in [-0.39, 0.29) is 6.03 Å². The van der Waals surface area contributed by atoms with E-state index in [1.807, 2.05) is 18.2 Å². The van der Waals surface area contributed by atoms with Crippen molar-refractivity contribution in [1.82, 2.24) is 10.2 Å². The van der Waals surface area contributed by atoms with Crippen LogP contribution in [0.25, 0.3) is 0 Å². The average molecular weight is 288 g/mol. The predicted molar refractivity (Wildman–Crippen MR) is 78.0 cm³/mol. The Kier molecular flexibility index (Phi) is 3.82. The van der Waals surface area contributed by atoms with Gasteiger partial charge in [-0.1, -0.05) is 30.3 Å². The number of likely N-dealkylation sites (tertiary alicyclic amines) is 1. The van der Waals surface area contributed by atoms with Crippen molar-refractivity contribution in [1.29, 1.82) is 0 Å². The molecule has 1 aromatic carbocycles. The van der Waals surface area contributed by atoms with Gasteiger partial charge >= 0.3 is 12.0 Å². The van der Waals surface area contributed by atoms with E-state index in [1.54, 1.807) is 4.90 Å². The van der Waals surface area contributed by atoms with Crippen molar-refractivity contribution in [2.75, 3.05) is 19.6 Å². The van der Waals surface area contributed by atoms with Gasteiger partial charge in [-0.15, -0.1) is 0 Å². The molecular weight excluding hydrogens is 268 g/mol. The molecule has 3 atom stereocenters. The fourth-order valence-electron chi connectivity index (χ4n) is 3.06. The van der Waals surface area contributed by atoms with E-state index in [0.29, 0.717) is 37.9 Å². The molecule has 1 aliphatic heterocycles. The van der Waals surface area contributed by atoms with Crippen LogP contribution in [0.4, 0.5) is 4.79 Å². The van der Waals surface area contributed by atoms with Crippen LogP contribution in [-0.4, -0.2) is 41.6 Å². The molecule has 5 heteroatoms. The molecule has 0 spiro atoms. The SMILES string of the molecule is O=C(O)C1CCN(C(=O)NC[C@@H]2C[C@H]2c2ccccc2)C1. The van der Waals surface area contributed by atoms with Gasteiger partial charge in [0.2, 0.25) is 0 Å². The van der Waals surface area contributed by atoms with E-state index in [4.69, 9.17) is 5.11 Å². The van der Waals surface area contributed by atoms with Crippen LogP contribution >= 0.6 is 0 Å². The van der Waals surface area contributed by atoms with E-state index in [9.17, 15) is 9.59 Å². The highest BCUT2D eigenvalue weighted by molar-refractivity contribution is 5.77. The summed E-state index contributed by atoms with van der Waals surface area (Å²) in [6, 6.07) is 10.2. The van der Waals surface area contributed by atoms with Crippen molar-refractivity contribution < 1.29 is 14.7 Å². The maximum Gasteiger partial charge on any atom is 0.317 e. The predicted octanol–water partition coefficient (Wildman–Crippen LogP) is 1.91. The van der Waals surface area contributed by atoms with E-state index in [2.05, 4.69) is 17.4 Å². The second-order valence-electron chi connectivity index (χ2n) is 5.97. The number of nitrogens with one attached hydrogen (secondary N) is 1. The third kappa shape index (κ3) is 3.17. The number of carboxylic acids is 1. The van der Waals surface area contributed by atoms with E-state index >= 15 is 0 Å². The fraction of sp³-hybridized carbons (Fsp3) is 0.500. The number of aliphatic carboxylic acids is 1. The molecule has 0 aromatic heterocycles. The van der Waals surface area contributed by atoms with Crippen molar-refractivity contribution >= 4 is 12.0 Å². The Morgan fingerprint density at radius 3 is 2.71 bits per heavy atom. The van der Waals surface area contributed by atoms with Crippen molar-refractivity contribution in [3.63, 3.8) is 0 Å². The van der Waals surface area contributed by atoms with E-state index in [0.717, 1.165) is 6.42 Å². The molecule has 2 fully saturated rings. The van der Waals surface area contributed by atoms with Crippen LogP contribution in [0.2, 0.25) is 0 Å². The molecule has 1 saturated heterocycles. The molecule has 0 radical (unpaired) electrons. The highest BCUT2D eigenvalue weighted by atomic mass is 16.4. The van der Waals surface area contributed by atoms with Gasteiger partial charge in [-0.3, -0.25) is 4.79 Å². The van der Waals surface area contributed by atoms with Crippen molar-refractivity contribution in [3.05, 3.63) is 35.9 Å². The summed E-state index contributed by atoms with van der Waals surface area (Å²) in [5, 5.41) is 11.9. The minimum absolute atomic E-state index is 0.127. The van der Waals surface area contributed by atoms with Gasteiger partial charge in [0.1, 0.15) is 0 Å². The molecule has 2 N–H and O–H groups in total. The number of benzene rings is 1. The molecule has 2 aliphatic rings. The van der Waals surface area contributed by atoms with Gasteiger partial charge in [0.15, 0.2) is 0 Å². The lowest BCUT2D eigenvalue weighted by Gasteiger charge is -2.16. The first-order chi connectivity index (χ1) is 10.1. The molecule has 1 aromatic rings. The first-order valence-electron chi connectivity index (χ1n) is 7.45. The molecule has 1 heterocycles. The molecule has 1 aliphatic carbocycles. The van der Waals surface area contributed by atoms with Gasteiger partial charge in [-0.25, -0.2) is 4.79 Å². The summed E-state index contributed by atoms with van der Waals surface area (Å²) < 4.78 is 0. The summed E-state index contributed by atoms with van der Waals surface area (Å²) in [5.41, 5.74) is 1.34. The maximum absolute atomic E-state index is 12.0. The molecule has 112 valence electrons. The van der Waals surface area contributed by atoms with E-state index < -0.39 is 11.9 Å². The zero-order valence-electron chi connectivity index (χ0n) is 11.9. The summed E-state index contributed by atoms with van der Waals surface area (Å²) in [7, 11) is 0. The molecule has 0 bridgehead atoms. The fourth-order valence-corrected chi connectivity index (χ4v) is 3.06. The van der Waals surface area contributed by atoms with Crippen LogP contribution < -0.4 is 5.32 Å². The molecule has 2 amide bonds. The number of urea groups is 1. The highest BCUT2D eigenvalue weighted by Crippen LogP contribution is 2.46. The topological polar surface area (TPSA) is 69.6 Å². The normalized spacial score (nSPS) is 27.4. The lowest BCUT2D eigenvalue weighted by atomic mass is 10.1. The lowest BCUT2D eigenvalue weighted by Crippen LogP contribution is -2.39. The summed E-state index contributed by atoms with van der Waals surface area (Å²) in [6.07, 6.45) is 1.67. The van der Waals surface area contributed by atoms with Gasteiger partial charge in [0.05, 0.1) is 5.92 Å². The molecule has 5 nitrogen and oxygen atoms in total. The number of carbonyl (C=O) groups is 2. The van der Waals surface area contributed by atoms with Gasteiger partial charge in [0.25, 0.3) is 0 Å². The number of amides is 2. The second-order valence-corrected chi connectivity index (χ2v) is 5.97. The van der Waals surface area contributed by atoms with Crippen LogP contribution in [0.15, 0.2) is 30.3 Å². The lowest BCUT2D eigenvalue weighted by molar-refractivity contribution is -0.141. The molecule has 1 unspecified atom stereocenters. The van der Waals surface area contributed by atoms with Crippen LogP contribution in [0.1, 0.15) is 24.3 Å². The van der Waals surface area contributed by atoms with Gasteiger partial charge in [-0.05, 0) is 30.2 Å². The summed E-state index contributed by atoms with van der Waals surface area (Å²) in [6.45, 7) is 1.54. The van der Waals surface area contributed by atoms with Gasteiger partial charge < -0.3 is 15.3 Å². The number of hydrogen-bond acceptors (Lipinski definition) is 2. The zero-order chi connectivity index (χ0) is 14.8. The second kappa shape index (κ2) is 5.76. The third-order valence-electron chi connectivity index (χ3n) is 4.49. The van der Waals surface area contributed by atoms with Crippen molar-refractivity contribution in [2.24, 2.45) is 11.8 Å². The third-order valence-corrected chi connectivity index (χ3v) is 4.49. The summed E-state index contributed by atoms with van der Waals surface area (Å²) in [5.74, 6) is -0.156. The Morgan fingerprint density at radius 2 is 2.05 bits per heavy atom. The first-order valence-corrected chi connectivity index (χ1v) is 7.45. The van der Waals surface area contributed by atoms with E-state index in [1.165, 1.54) is 5.56 Å². The molecular formula is C16H20N2O3. The molecule has 3 rings (SSSR count). The number of nitrogens with zero attached hydrogens (tertiary/aromatic N) is 1.